The summed E-state index contributed by atoms with van der Waals surface area (Å²) in [7, 11) is 0. The third kappa shape index (κ3) is 9.95. The Hall–Kier alpha value is -4.41. The van der Waals surface area contributed by atoms with E-state index in [-0.39, 0.29) is 23.9 Å². The smallest absolute Gasteiger partial charge is 0.326 e. The minimum absolute atomic E-state index is 0.0103. The summed E-state index contributed by atoms with van der Waals surface area (Å²) < 4.78 is 14.9. The first kappa shape index (κ1) is 23.7. The molecule has 0 aromatic heterocycles. The molecule has 2 aromatic rings. The number of carboxylic acids is 1. The molecule has 186 valence electrons. The summed E-state index contributed by atoms with van der Waals surface area (Å²) in [6, 6.07) is 12.1. The molecule has 0 fully saturated rings. The molecule has 0 spiro atoms. The van der Waals surface area contributed by atoms with Crippen molar-refractivity contribution < 1.29 is 37.0 Å². The van der Waals surface area contributed by atoms with Crippen LogP contribution in [0.1, 0.15) is 19.4 Å². The van der Waals surface area contributed by atoms with Crippen molar-refractivity contribution in [1.82, 2.24) is 21.3 Å². The van der Waals surface area contributed by atoms with Crippen molar-refractivity contribution in [2.24, 2.45) is 0 Å². The number of carbonyl (C=O) groups is 5. The lowest BCUT2D eigenvalue weighted by molar-refractivity contribution is -0.141. The van der Waals surface area contributed by atoms with Crippen molar-refractivity contribution in [2.45, 2.75) is 31.8 Å². The average molecular weight is 487 g/mol. The maximum Gasteiger partial charge on any atom is 0.326 e. The van der Waals surface area contributed by atoms with Crippen molar-refractivity contribution in [2.75, 3.05) is 13.1 Å². The minimum Gasteiger partial charge on any atom is -0.508 e. The predicted molar refractivity (Wildman–Crippen MR) is 125 cm³/mol. The lowest BCUT2D eigenvalue weighted by Crippen LogP contribution is -2.51. The quantitative estimate of drug-likeness (QED) is 0.234. The highest BCUT2D eigenvalue weighted by molar-refractivity contribution is 5.92. The van der Waals surface area contributed by atoms with Gasteiger partial charge in [0.2, 0.25) is 23.6 Å². The molecule has 11 nitrogen and oxygen atoms in total. The first-order valence-corrected chi connectivity index (χ1v) is 10.6. The number of aliphatic carboxylic acids is 1. The molecule has 4 amide bonds. The number of amides is 4. The highest BCUT2D eigenvalue weighted by Gasteiger charge is 2.22. The van der Waals surface area contributed by atoms with Gasteiger partial charge in [0, 0.05) is 21.1 Å². The summed E-state index contributed by atoms with van der Waals surface area (Å²) in [5, 5.41) is 26.0. The van der Waals surface area contributed by atoms with Crippen LogP contribution in [0.4, 0.5) is 0 Å². The predicted octanol–water partition coefficient (Wildman–Crippen LogP) is -0.516. The molecule has 0 unspecified atom stereocenters. The van der Waals surface area contributed by atoms with Gasteiger partial charge in [-0.1, -0.05) is 42.5 Å². The number of phenolic OH excluding ortho intramolecular Hbond substituents is 1. The number of carbonyl (C=O) groups excluding carboxylic acids is 4. The molecule has 0 heterocycles. The zero-order chi connectivity index (χ0) is 27.4. The molecule has 2 rings (SSSR count). The van der Waals surface area contributed by atoms with Crippen molar-refractivity contribution in [3.8, 4) is 5.75 Å². The maximum absolute atomic E-state index is 12.6. The van der Waals surface area contributed by atoms with Gasteiger partial charge in [-0.25, -0.2) is 4.79 Å². The Morgan fingerprint density at radius 3 is 2.11 bits per heavy atom. The van der Waals surface area contributed by atoms with E-state index in [1.54, 1.807) is 42.5 Å². The average Bonchev–Trinajstić information content (AvgIpc) is 2.87. The Bertz CT molecular complexity index is 1100. The van der Waals surface area contributed by atoms with Crippen LogP contribution in [-0.4, -0.2) is 65.0 Å². The number of hydrogen-bond donors (Lipinski definition) is 6. The Labute approximate surface area is 204 Å². The normalized spacial score (nSPS) is 12.8. The Morgan fingerprint density at radius 1 is 0.857 bits per heavy atom. The van der Waals surface area contributed by atoms with Crippen LogP contribution in [-0.2, 0) is 36.8 Å². The summed E-state index contributed by atoms with van der Waals surface area (Å²) in [6.45, 7) is -2.04. The zero-order valence-corrected chi connectivity index (χ0v) is 18.8. The van der Waals surface area contributed by atoms with E-state index in [4.69, 9.17) is 2.78 Å². The summed E-state index contributed by atoms with van der Waals surface area (Å²) in [6.07, 6.45) is 0.0212. The summed E-state index contributed by atoms with van der Waals surface area (Å²) >= 11 is 0. The van der Waals surface area contributed by atoms with Crippen LogP contribution in [0.3, 0.4) is 0 Å². The number of aromatic hydroxyl groups is 1. The number of benzene rings is 2. The van der Waals surface area contributed by atoms with E-state index in [0.29, 0.717) is 11.1 Å². The monoisotopic (exact) mass is 486 g/mol. The van der Waals surface area contributed by atoms with Gasteiger partial charge in [-0.3, -0.25) is 19.2 Å². The van der Waals surface area contributed by atoms with E-state index >= 15 is 0 Å². The molecule has 0 saturated heterocycles. The molecular weight excluding hydrogens is 456 g/mol. The number of rotatable bonds is 12. The van der Waals surface area contributed by atoms with Crippen LogP contribution >= 0.6 is 0 Å². The highest BCUT2D eigenvalue weighted by atomic mass is 16.4. The number of carboxylic acid groups (broad SMARTS) is 1. The van der Waals surface area contributed by atoms with Crippen molar-refractivity contribution in [3.63, 3.8) is 0 Å². The lowest BCUT2D eigenvalue weighted by atomic mass is 10.0. The number of nitrogens with one attached hydrogen (secondary N) is 4. The fraction of sp³-hybridized carbons (Fsp3) is 0.292. The van der Waals surface area contributed by atoms with Crippen LogP contribution < -0.4 is 21.3 Å². The molecule has 2 aromatic carbocycles. The SMILES string of the molecule is [2H]CC(=O)N[C@@H](Cc1ccc(O)cc1)C(=O)NCC(=O)N([2H])CC(=O)N[C@@H](Cc1ccccc1)C(=O)O. The van der Waals surface area contributed by atoms with Gasteiger partial charge in [0.1, 0.15) is 17.8 Å². The van der Waals surface area contributed by atoms with Crippen LogP contribution in [0.2, 0.25) is 1.41 Å². The van der Waals surface area contributed by atoms with Crippen molar-refractivity contribution in [3.05, 3.63) is 65.7 Å². The summed E-state index contributed by atoms with van der Waals surface area (Å²) in [4.78, 5) is 60.3. The van der Waals surface area contributed by atoms with Crippen molar-refractivity contribution >= 4 is 29.6 Å². The van der Waals surface area contributed by atoms with Crippen LogP contribution in [0.15, 0.2) is 54.6 Å². The number of phenols is 1. The summed E-state index contributed by atoms with van der Waals surface area (Å²) in [5.74, 6) is -4.55. The third-order valence-corrected chi connectivity index (χ3v) is 4.76. The first-order chi connectivity index (χ1) is 17.6. The van der Waals surface area contributed by atoms with E-state index in [1.165, 1.54) is 12.1 Å². The lowest BCUT2D eigenvalue weighted by Gasteiger charge is -2.18. The van der Waals surface area contributed by atoms with Gasteiger partial charge in [0.15, 0.2) is 1.41 Å². The molecule has 0 saturated carbocycles. The van der Waals surface area contributed by atoms with E-state index in [0.717, 1.165) is 0 Å². The topological polar surface area (TPSA) is 174 Å². The Balaban J connectivity index is 1.90. The minimum atomic E-state index is -1.28. The van der Waals surface area contributed by atoms with Crippen LogP contribution in [0.5, 0.6) is 5.75 Å². The second kappa shape index (κ2) is 13.3. The second-order valence-electron chi connectivity index (χ2n) is 7.57. The van der Waals surface area contributed by atoms with Gasteiger partial charge < -0.3 is 31.5 Å². The molecule has 2 atom stereocenters. The third-order valence-electron chi connectivity index (χ3n) is 4.76. The molecule has 35 heavy (non-hydrogen) atoms. The fourth-order valence-electron chi connectivity index (χ4n) is 3.06. The van der Waals surface area contributed by atoms with Gasteiger partial charge in [0.05, 0.1) is 13.1 Å². The van der Waals surface area contributed by atoms with Gasteiger partial charge in [-0.05, 0) is 23.3 Å². The van der Waals surface area contributed by atoms with E-state index in [9.17, 15) is 34.2 Å². The van der Waals surface area contributed by atoms with Gasteiger partial charge in [0.25, 0.3) is 0 Å². The molecule has 0 aliphatic carbocycles. The van der Waals surface area contributed by atoms with Crippen molar-refractivity contribution in [1.29, 1.82) is 0 Å². The van der Waals surface area contributed by atoms with Gasteiger partial charge in [-0.15, -0.1) is 0 Å². The molecule has 0 radical (unpaired) electrons. The van der Waals surface area contributed by atoms with E-state index in [2.05, 4.69) is 16.0 Å². The van der Waals surface area contributed by atoms with Gasteiger partial charge in [-0.2, -0.15) is 0 Å². The number of hydrogen-bond acceptors (Lipinski definition) is 6. The second-order valence-corrected chi connectivity index (χ2v) is 7.57. The Kier molecular flexibility index (Phi) is 9.04. The van der Waals surface area contributed by atoms with Gasteiger partial charge >= 0.3 is 5.97 Å². The van der Waals surface area contributed by atoms with E-state index < -0.39 is 61.7 Å². The van der Waals surface area contributed by atoms with Crippen LogP contribution in [0.25, 0.3) is 0 Å². The zero-order valence-electron chi connectivity index (χ0n) is 20.8. The highest BCUT2D eigenvalue weighted by Crippen LogP contribution is 2.11. The van der Waals surface area contributed by atoms with E-state index in [1.807, 2.05) is 0 Å². The van der Waals surface area contributed by atoms with Crippen LogP contribution in [0, 0.1) is 0 Å². The first-order valence-electron chi connectivity index (χ1n) is 11.7. The largest absolute Gasteiger partial charge is 0.508 e. The molecule has 0 bridgehead atoms. The molecule has 11 heteroatoms. The molecule has 0 aliphatic heterocycles. The fourth-order valence-corrected chi connectivity index (χ4v) is 3.06. The summed E-state index contributed by atoms with van der Waals surface area (Å²) in [5.41, 5.74) is 1.27. The molecular formula is C24H28N4O7. The standard InChI is InChI=1S/C24H28N4O7/c1-15(29)27-19(11-17-7-9-18(30)10-8-17)23(33)26-13-21(31)25-14-22(32)28-20(24(34)35)12-16-5-3-2-4-6-16/h2-10,19-20,30H,11-14H2,1H3,(H,25,31)(H,26,33)(H,27,29)(H,28,32)(H,34,35)/t19-,20-/m0/s1/i1D/hD. The molecule has 0 aliphatic rings. The molecule has 6 N–H and O–H groups in total. The Morgan fingerprint density at radius 2 is 1.49 bits per heavy atom. The maximum atomic E-state index is 12.6.